The zero-order valence-electron chi connectivity index (χ0n) is 61.8. The zero-order chi connectivity index (χ0) is 76.1. The van der Waals surface area contributed by atoms with Crippen LogP contribution in [0.25, 0.3) is 67.5 Å². The molecule has 12 rings (SSSR count). The summed E-state index contributed by atoms with van der Waals surface area (Å²) in [4.78, 5) is 26.3. The van der Waals surface area contributed by atoms with Gasteiger partial charge in [0, 0.05) is 83.7 Å². The summed E-state index contributed by atoms with van der Waals surface area (Å²) in [6, 6.07) is 93.7. The predicted molar refractivity (Wildman–Crippen MR) is 422 cm³/mol. The van der Waals surface area contributed by atoms with Crippen molar-refractivity contribution < 1.29 is 81.7 Å². The van der Waals surface area contributed by atoms with Crippen molar-refractivity contribution >= 4 is 36.6 Å². The van der Waals surface area contributed by atoms with Crippen LogP contribution in [0, 0.1) is 42.2 Å². The Balaban J connectivity index is 0.000000611. The van der Waals surface area contributed by atoms with Crippen molar-refractivity contribution in [2.24, 2.45) is 11.8 Å². The van der Waals surface area contributed by atoms with Gasteiger partial charge in [0.05, 0.1) is 21.8 Å². The molecule has 0 aliphatic carbocycles. The molecule has 6 heterocycles. The maximum absolute atomic E-state index is 10.7. The summed E-state index contributed by atoms with van der Waals surface area (Å²) in [6.45, 7) is 25.4. The van der Waals surface area contributed by atoms with Crippen LogP contribution in [0.1, 0.15) is 45.7 Å². The fourth-order valence-electron chi connectivity index (χ4n) is 9.33. The number of halogens is 3. The Hall–Kier alpha value is -8.47. The van der Waals surface area contributed by atoms with Crippen molar-refractivity contribution in [2.45, 2.75) is 92.3 Å². The normalized spacial score (nSPS) is 10.3. The molecule has 6 aromatic heterocycles. The largest absolute Gasteiger partial charge is 3.00 e. The van der Waals surface area contributed by atoms with Crippen LogP contribution in [-0.2, 0) is 63.2 Å². The van der Waals surface area contributed by atoms with E-state index < -0.39 is 31.8 Å². The van der Waals surface area contributed by atoms with E-state index in [-0.39, 0.29) is 46.8 Å². The van der Waals surface area contributed by atoms with E-state index in [4.69, 9.17) is 33.3 Å². The van der Waals surface area contributed by atoms with Gasteiger partial charge >= 0.3 is 35.7 Å². The van der Waals surface area contributed by atoms with Crippen LogP contribution < -0.4 is 10.4 Å². The summed E-state index contributed by atoms with van der Waals surface area (Å²) in [6.07, 6.45) is 13.7. The van der Waals surface area contributed by atoms with Crippen molar-refractivity contribution in [1.29, 1.82) is 0 Å². The Morgan fingerprint density at radius 3 is 0.857 bits per heavy atom. The van der Waals surface area contributed by atoms with Crippen LogP contribution in [0.3, 0.4) is 0 Å². The number of hydrogen-bond donors (Lipinski definition) is 4. The summed E-state index contributed by atoms with van der Waals surface area (Å²) in [5, 5.41) is 24.6. The number of benzene rings is 6. The molecule has 12 aromatic rings. The second-order valence-corrected chi connectivity index (χ2v) is 36.5. The number of rotatable bonds is 12. The van der Waals surface area contributed by atoms with E-state index in [2.05, 4.69) is 183 Å². The van der Waals surface area contributed by atoms with Crippen molar-refractivity contribution in [2.75, 3.05) is 20.8 Å². The molecule has 105 heavy (non-hydrogen) atoms. The first-order valence-corrected chi connectivity index (χ1v) is 41.8. The standard InChI is InChI=1S/C18H25NSi.C18H24NSi.4C11H8N.C2H6O.CHF3O3S.2CH4O.2Ir/c2*1-14(2)11-16-12-17(15-9-7-6-8-10-15)19-13-18(16)20(3,4)5;4*1-2-6-10(7-3-1)11-8-4-5-9-12-11;1-2-3;2-1(3,4)8(5,6)7;2*1-2;;/h6-10,12-14H,11H2,1-5H3;6-9,12-14H,11H2,1-5H3;4*1-6,8-9H;3H,2H2,1H3;(H,5,6,7);2*2H,1H3;;/q;5*-1;;;;;;+3. The first kappa shape index (κ1) is 94.5. The number of nitrogens with zero attached hydrogens (tertiary/aromatic N) is 6. The van der Waals surface area contributed by atoms with E-state index >= 15 is 0 Å². The minimum atomic E-state index is -5.84. The van der Waals surface area contributed by atoms with Crippen LogP contribution in [0.5, 0.6) is 0 Å². The average Bonchev–Trinajstić information content (AvgIpc) is 0.818. The maximum Gasteiger partial charge on any atom is 3.00 e. The molecule has 0 spiro atoms. The molecule has 4 N–H and O–H groups in total. The minimum absolute atomic E-state index is 0. The Kier molecular flexibility index (Phi) is 46.5. The molecule has 12 nitrogen and oxygen atoms in total. The third kappa shape index (κ3) is 36.9. The molecule has 0 saturated heterocycles. The fraction of sp³-hybridized carbons (Fsp3) is 0.224. The van der Waals surface area contributed by atoms with Gasteiger partial charge < -0.3 is 40.2 Å². The van der Waals surface area contributed by atoms with Gasteiger partial charge in [-0.2, -0.15) is 21.6 Å². The third-order valence-corrected chi connectivity index (χ3v) is 18.5. The molecular weight excluding hydrogens is 1730 g/mol. The van der Waals surface area contributed by atoms with Crippen LogP contribution in [0.4, 0.5) is 13.2 Å². The molecule has 20 heteroatoms. The van der Waals surface area contributed by atoms with E-state index in [1.54, 1.807) is 31.7 Å². The van der Waals surface area contributed by atoms with Gasteiger partial charge in [-0.1, -0.05) is 157 Å². The fourth-order valence-corrected chi connectivity index (χ4v) is 12.5. The Bertz CT molecular complexity index is 3720. The van der Waals surface area contributed by atoms with Gasteiger partial charge in [0.1, 0.15) is 0 Å². The molecule has 0 aliphatic rings. The molecule has 0 unspecified atom stereocenters. The van der Waals surface area contributed by atoms with Gasteiger partial charge in [-0.3, -0.25) is 9.54 Å². The van der Waals surface area contributed by atoms with E-state index in [0.717, 1.165) is 89.0 Å². The second kappa shape index (κ2) is 51.7. The summed E-state index contributed by atoms with van der Waals surface area (Å²) in [5.41, 5.74) is 9.91. The minimum Gasteiger partial charge on any atom is -0.400 e. The summed E-state index contributed by atoms with van der Waals surface area (Å²) in [7, 11) is -6.51. The monoisotopic (exact) mass is 1830 g/mol. The summed E-state index contributed by atoms with van der Waals surface area (Å²) < 4.78 is 57.5. The molecule has 0 fully saturated rings. The Morgan fingerprint density at radius 1 is 0.400 bits per heavy atom. The van der Waals surface area contributed by atoms with E-state index in [9.17, 15) is 13.2 Å². The van der Waals surface area contributed by atoms with Crippen molar-refractivity contribution in [1.82, 2.24) is 29.9 Å². The molecule has 1 radical (unpaired) electrons. The summed E-state index contributed by atoms with van der Waals surface area (Å²) >= 11 is 0. The number of alkyl halides is 3. The van der Waals surface area contributed by atoms with Crippen LogP contribution in [0.15, 0.2) is 274 Å². The molecular formula is C85H96F3Ir2N6O6SSi2-2. The number of hydrogen-bond acceptors (Lipinski definition) is 11. The number of pyridine rings is 6. The molecule has 0 saturated carbocycles. The Labute approximate surface area is 651 Å². The molecule has 0 atom stereocenters. The molecule has 0 amide bonds. The predicted octanol–water partition coefficient (Wildman–Crippen LogP) is 18.6. The Morgan fingerprint density at radius 2 is 0.638 bits per heavy atom. The summed E-state index contributed by atoms with van der Waals surface area (Å²) in [5.74, 6) is 1.34. The van der Waals surface area contributed by atoms with Crippen molar-refractivity contribution in [3.05, 3.63) is 315 Å². The van der Waals surface area contributed by atoms with Gasteiger partial charge in [-0.15, -0.1) is 179 Å². The van der Waals surface area contributed by atoms with Gasteiger partial charge in [0.15, 0.2) is 0 Å². The first-order chi connectivity index (χ1) is 49.3. The van der Waals surface area contributed by atoms with Crippen molar-refractivity contribution in [3.63, 3.8) is 0 Å². The van der Waals surface area contributed by atoms with E-state index in [1.807, 2.05) is 188 Å². The zero-order valence-corrected chi connectivity index (χ0v) is 69.4. The number of aliphatic hydroxyl groups excluding tert-OH is 3. The SMILES string of the molecule is CC(C)Cc1cc(-c2[c-]cccc2)ncc1[Si](C)(C)C.CC(C)Cc1cc(-c2ccccc2)ncc1[Si](C)(C)C.CCO.CO.CO.O=S(=O)(O)C(F)(F)F.[Ir+3].[Ir].[c-]1ccccc1-c1ccccn1.[c-]1ccccc1-c1ccccn1.[c-]1ccccc1-c1ccccn1.[c-]1ccccc1-c1ccccn1. The first-order valence-electron chi connectivity index (χ1n) is 33.4. The van der Waals surface area contributed by atoms with E-state index in [1.165, 1.54) is 27.1 Å². The molecule has 557 valence electrons. The van der Waals surface area contributed by atoms with Crippen LogP contribution >= 0.6 is 0 Å². The molecule has 6 aromatic carbocycles. The molecule has 0 bridgehead atoms. The number of aliphatic hydroxyl groups is 3. The quantitative estimate of drug-likeness (QED) is 0.0392. The molecule has 0 aliphatic heterocycles. The van der Waals surface area contributed by atoms with Gasteiger partial charge in [-0.05, 0) is 106 Å². The second-order valence-electron chi connectivity index (χ2n) is 25.0. The smallest absolute Gasteiger partial charge is 0.400 e. The van der Waals surface area contributed by atoms with Gasteiger partial charge in [-0.25, -0.2) is 0 Å². The van der Waals surface area contributed by atoms with Gasteiger partial charge in [0.25, 0.3) is 0 Å². The average molecular weight is 1830 g/mol. The number of aromatic nitrogens is 6. The van der Waals surface area contributed by atoms with Gasteiger partial charge in [0.2, 0.25) is 0 Å². The van der Waals surface area contributed by atoms with Crippen molar-refractivity contribution in [3.8, 4) is 67.5 Å². The third-order valence-electron chi connectivity index (χ3n) is 13.8. The topological polar surface area (TPSA) is 192 Å². The maximum atomic E-state index is 10.7. The van der Waals surface area contributed by atoms with Crippen LogP contribution in [-0.4, -0.2) is 101 Å². The van der Waals surface area contributed by atoms with E-state index in [0.29, 0.717) is 11.8 Å². The van der Waals surface area contributed by atoms with Crippen LogP contribution in [0.2, 0.25) is 39.3 Å².